The molecule has 5 nitrogen and oxygen atoms in total. The number of nitrogens with zero attached hydrogens (tertiary/aromatic N) is 1. The summed E-state index contributed by atoms with van der Waals surface area (Å²) in [7, 11) is 0. The summed E-state index contributed by atoms with van der Waals surface area (Å²) in [5.41, 5.74) is 2.08. The van der Waals surface area contributed by atoms with Crippen LogP contribution in [-0.2, 0) is 0 Å². The Balaban J connectivity index is 1.94. The Bertz CT molecular complexity index is 931. The van der Waals surface area contributed by atoms with Crippen LogP contribution in [0, 0.1) is 6.92 Å². The number of amides is 1. The molecule has 1 heterocycles. The Morgan fingerprint density at radius 3 is 2.48 bits per heavy atom. The molecule has 2 N–H and O–H groups in total. The third kappa shape index (κ3) is 2.85. The predicted molar refractivity (Wildman–Crippen MR) is 89.4 cm³/mol. The molecular weight excluding hydrogens is 290 g/mol. The molecule has 0 saturated heterocycles. The summed E-state index contributed by atoms with van der Waals surface area (Å²) < 4.78 is 0. The fraction of sp³-hybridized carbons (Fsp3) is 0.167. The molecule has 0 aliphatic rings. The third-order valence-corrected chi connectivity index (χ3v) is 3.91. The molecule has 0 aliphatic heterocycles. The Morgan fingerprint density at radius 2 is 1.74 bits per heavy atom. The van der Waals surface area contributed by atoms with Gasteiger partial charge in [-0.2, -0.15) is 5.10 Å². The number of fused-ring (bicyclic) bond motifs is 1. The normalized spacial score (nSPS) is 12.1. The number of aromatic amines is 1. The minimum Gasteiger partial charge on any atom is -0.344 e. The fourth-order valence-electron chi connectivity index (χ4n) is 2.70. The van der Waals surface area contributed by atoms with Crippen molar-refractivity contribution in [2.45, 2.75) is 19.9 Å². The number of hydrogen-bond donors (Lipinski definition) is 2. The molecule has 2 aromatic carbocycles. The summed E-state index contributed by atoms with van der Waals surface area (Å²) in [4.78, 5) is 24.4. The van der Waals surface area contributed by atoms with Gasteiger partial charge in [0.05, 0.1) is 11.4 Å². The molecule has 0 radical (unpaired) electrons. The molecule has 5 heteroatoms. The van der Waals surface area contributed by atoms with E-state index in [1.807, 2.05) is 38.1 Å². The number of carbonyl (C=O) groups is 1. The fourth-order valence-corrected chi connectivity index (χ4v) is 2.70. The van der Waals surface area contributed by atoms with Crippen molar-refractivity contribution in [3.63, 3.8) is 0 Å². The Hall–Kier alpha value is -2.95. The molecule has 3 rings (SSSR count). The van der Waals surface area contributed by atoms with E-state index >= 15 is 0 Å². The minimum absolute atomic E-state index is 0.156. The molecule has 0 saturated carbocycles. The van der Waals surface area contributed by atoms with Crippen LogP contribution in [0.4, 0.5) is 0 Å². The van der Waals surface area contributed by atoms with Crippen molar-refractivity contribution >= 4 is 16.7 Å². The lowest BCUT2D eigenvalue weighted by molar-refractivity contribution is 0.0935. The highest BCUT2D eigenvalue weighted by Crippen LogP contribution is 2.18. The highest BCUT2D eigenvalue weighted by atomic mass is 16.2. The van der Waals surface area contributed by atoms with Crippen molar-refractivity contribution in [3.8, 4) is 0 Å². The van der Waals surface area contributed by atoms with Gasteiger partial charge < -0.3 is 5.32 Å². The van der Waals surface area contributed by atoms with E-state index in [1.165, 1.54) is 0 Å². The van der Waals surface area contributed by atoms with Crippen molar-refractivity contribution in [3.05, 3.63) is 75.7 Å². The first-order valence-corrected chi connectivity index (χ1v) is 7.41. The van der Waals surface area contributed by atoms with Crippen molar-refractivity contribution in [2.75, 3.05) is 0 Å². The second-order valence-electron chi connectivity index (χ2n) is 5.50. The standard InChI is InChI=1S/C18H17N3O2/c1-11-7-3-4-8-13(11)12(2)19-18(23)16-14-9-5-6-10-15(14)17(22)21-20-16/h3-10,12H,1-2H3,(H,19,23)(H,21,22). The summed E-state index contributed by atoms with van der Waals surface area (Å²) in [6, 6.07) is 14.7. The van der Waals surface area contributed by atoms with E-state index in [-0.39, 0.29) is 23.2 Å². The highest BCUT2D eigenvalue weighted by molar-refractivity contribution is 6.04. The average Bonchev–Trinajstić information content (AvgIpc) is 2.55. The van der Waals surface area contributed by atoms with Crippen LogP contribution < -0.4 is 10.9 Å². The zero-order valence-corrected chi connectivity index (χ0v) is 13.0. The first kappa shape index (κ1) is 15.0. The monoisotopic (exact) mass is 307 g/mol. The van der Waals surface area contributed by atoms with Gasteiger partial charge in [-0.15, -0.1) is 0 Å². The van der Waals surface area contributed by atoms with E-state index < -0.39 is 0 Å². The number of benzene rings is 2. The predicted octanol–water partition coefficient (Wildman–Crippen LogP) is 2.72. The smallest absolute Gasteiger partial charge is 0.272 e. The van der Waals surface area contributed by atoms with Crippen molar-refractivity contribution in [1.29, 1.82) is 0 Å². The summed E-state index contributed by atoms with van der Waals surface area (Å²) in [6.45, 7) is 3.93. The first-order valence-electron chi connectivity index (χ1n) is 7.41. The highest BCUT2D eigenvalue weighted by Gasteiger charge is 2.17. The number of hydrogen-bond acceptors (Lipinski definition) is 3. The third-order valence-electron chi connectivity index (χ3n) is 3.91. The Morgan fingerprint density at radius 1 is 1.09 bits per heavy atom. The van der Waals surface area contributed by atoms with Crippen LogP contribution in [0.15, 0.2) is 53.3 Å². The SMILES string of the molecule is Cc1ccccc1C(C)NC(=O)c1n[nH]c(=O)c2ccccc12. The van der Waals surface area contributed by atoms with E-state index in [0.717, 1.165) is 11.1 Å². The van der Waals surface area contributed by atoms with Gasteiger partial charge in [0.1, 0.15) is 0 Å². The maximum Gasteiger partial charge on any atom is 0.272 e. The molecule has 3 aromatic rings. The van der Waals surface area contributed by atoms with Gasteiger partial charge in [-0.25, -0.2) is 5.10 Å². The molecular formula is C18H17N3O2. The topological polar surface area (TPSA) is 74.8 Å². The molecule has 0 bridgehead atoms. The molecule has 1 atom stereocenters. The van der Waals surface area contributed by atoms with Gasteiger partial charge in [-0.1, -0.05) is 42.5 Å². The zero-order chi connectivity index (χ0) is 16.4. The van der Waals surface area contributed by atoms with E-state index in [1.54, 1.807) is 24.3 Å². The van der Waals surface area contributed by atoms with Gasteiger partial charge in [-0.3, -0.25) is 9.59 Å². The van der Waals surface area contributed by atoms with E-state index in [9.17, 15) is 9.59 Å². The van der Waals surface area contributed by atoms with Crippen LogP contribution in [0.5, 0.6) is 0 Å². The second-order valence-corrected chi connectivity index (χ2v) is 5.50. The lowest BCUT2D eigenvalue weighted by Gasteiger charge is -2.16. The summed E-state index contributed by atoms with van der Waals surface area (Å²) in [5, 5.41) is 10.3. The molecule has 0 spiro atoms. The van der Waals surface area contributed by atoms with Crippen molar-refractivity contribution in [2.24, 2.45) is 0 Å². The van der Waals surface area contributed by atoms with Crippen LogP contribution in [0.25, 0.3) is 10.8 Å². The number of carbonyl (C=O) groups excluding carboxylic acids is 1. The Labute approximate surface area is 133 Å². The molecule has 116 valence electrons. The summed E-state index contributed by atoms with van der Waals surface area (Å²) in [5.74, 6) is -0.312. The largest absolute Gasteiger partial charge is 0.344 e. The maximum absolute atomic E-state index is 12.6. The van der Waals surface area contributed by atoms with Crippen LogP contribution in [0.1, 0.15) is 34.6 Å². The van der Waals surface area contributed by atoms with Gasteiger partial charge in [0.25, 0.3) is 11.5 Å². The number of rotatable bonds is 3. The van der Waals surface area contributed by atoms with E-state index in [0.29, 0.717) is 10.8 Å². The molecule has 0 fully saturated rings. The number of aryl methyl sites for hydroxylation is 1. The Kier molecular flexibility index (Phi) is 3.93. The van der Waals surface area contributed by atoms with Gasteiger partial charge >= 0.3 is 0 Å². The van der Waals surface area contributed by atoms with Gasteiger partial charge in [0.2, 0.25) is 0 Å². The zero-order valence-electron chi connectivity index (χ0n) is 13.0. The van der Waals surface area contributed by atoms with Crippen LogP contribution >= 0.6 is 0 Å². The van der Waals surface area contributed by atoms with Crippen LogP contribution in [0.2, 0.25) is 0 Å². The number of nitrogens with one attached hydrogen (secondary N) is 2. The van der Waals surface area contributed by atoms with Crippen molar-refractivity contribution < 1.29 is 4.79 Å². The first-order chi connectivity index (χ1) is 11.1. The van der Waals surface area contributed by atoms with Crippen LogP contribution in [0.3, 0.4) is 0 Å². The van der Waals surface area contributed by atoms with Crippen LogP contribution in [-0.4, -0.2) is 16.1 Å². The summed E-state index contributed by atoms with van der Waals surface area (Å²) in [6.07, 6.45) is 0. The molecule has 1 unspecified atom stereocenters. The second kappa shape index (κ2) is 6.04. The number of aromatic nitrogens is 2. The van der Waals surface area contributed by atoms with E-state index in [4.69, 9.17) is 0 Å². The average molecular weight is 307 g/mol. The maximum atomic E-state index is 12.6. The number of H-pyrrole nitrogens is 1. The van der Waals surface area contributed by atoms with Gasteiger partial charge in [0, 0.05) is 5.39 Å². The lowest BCUT2D eigenvalue weighted by atomic mass is 10.0. The molecule has 1 amide bonds. The minimum atomic E-state index is -0.312. The molecule has 23 heavy (non-hydrogen) atoms. The van der Waals surface area contributed by atoms with E-state index in [2.05, 4.69) is 15.5 Å². The van der Waals surface area contributed by atoms with Gasteiger partial charge in [-0.05, 0) is 31.0 Å². The lowest BCUT2D eigenvalue weighted by Crippen LogP contribution is -2.29. The van der Waals surface area contributed by atoms with Gasteiger partial charge in [0.15, 0.2) is 5.69 Å². The van der Waals surface area contributed by atoms with Crippen molar-refractivity contribution in [1.82, 2.24) is 15.5 Å². The quantitative estimate of drug-likeness (QED) is 0.781. The summed E-state index contributed by atoms with van der Waals surface area (Å²) >= 11 is 0. The molecule has 1 aromatic heterocycles. The molecule has 0 aliphatic carbocycles.